The summed E-state index contributed by atoms with van der Waals surface area (Å²) in [7, 11) is 0. The van der Waals surface area contributed by atoms with Gasteiger partial charge in [-0.1, -0.05) is 0 Å². The Labute approximate surface area is 106 Å². The smallest absolute Gasteiger partial charge is 0.308 e. The van der Waals surface area contributed by atoms with Gasteiger partial charge in [-0.05, 0) is 43.6 Å². The van der Waals surface area contributed by atoms with E-state index in [1.54, 1.807) is 12.4 Å². The molecule has 2 aliphatic carbocycles. The van der Waals surface area contributed by atoms with Crippen LogP contribution in [0.25, 0.3) is 0 Å². The van der Waals surface area contributed by atoms with Crippen molar-refractivity contribution in [3.63, 3.8) is 0 Å². The molecule has 2 fully saturated rings. The number of carbonyl (C=O) groups is 1. The van der Waals surface area contributed by atoms with Gasteiger partial charge in [0.25, 0.3) is 0 Å². The number of anilines is 1. The van der Waals surface area contributed by atoms with Crippen LogP contribution in [0.2, 0.25) is 0 Å². The molecule has 5 nitrogen and oxygen atoms in total. The summed E-state index contributed by atoms with van der Waals surface area (Å²) in [6.07, 6.45) is 6.70. The lowest BCUT2D eigenvalue weighted by molar-refractivity contribution is -0.143. The Bertz CT molecular complexity index is 460. The highest BCUT2D eigenvalue weighted by atomic mass is 16.4. The number of carboxylic acid groups (broad SMARTS) is 1. The molecule has 2 aliphatic rings. The summed E-state index contributed by atoms with van der Waals surface area (Å²) in [6.45, 7) is 1.93. The van der Waals surface area contributed by atoms with Gasteiger partial charge in [-0.2, -0.15) is 0 Å². The fraction of sp³-hybridized carbons (Fsp3) is 0.615. The number of carboxylic acids is 1. The van der Waals surface area contributed by atoms with E-state index in [0.717, 1.165) is 24.8 Å². The van der Waals surface area contributed by atoms with Gasteiger partial charge in [0.15, 0.2) is 0 Å². The SMILES string of the molecule is Cc1cnc(NC2C3CCC(C3)C2C(=O)O)nc1. The van der Waals surface area contributed by atoms with Crippen LogP contribution in [0.4, 0.5) is 5.95 Å². The lowest BCUT2D eigenvalue weighted by Gasteiger charge is -2.28. The van der Waals surface area contributed by atoms with Crippen LogP contribution in [0.3, 0.4) is 0 Å². The number of nitrogens with one attached hydrogen (secondary N) is 1. The summed E-state index contributed by atoms with van der Waals surface area (Å²) in [5.41, 5.74) is 1.00. The summed E-state index contributed by atoms with van der Waals surface area (Å²) in [5.74, 6) is 0.362. The first-order valence-corrected chi connectivity index (χ1v) is 6.43. The zero-order valence-electron chi connectivity index (χ0n) is 10.3. The molecule has 0 aromatic carbocycles. The van der Waals surface area contributed by atoms with Crippen molar-refractivity contribution in [3.05, 3.63) is 18.0 Å². The molecule has 5 heteroatoms. The van der Waals surface area contributed by atoms with E-state index in [1.165, 1.54) is 0 Å². The number of aliphatic carboxylic acids is 1. The van der Waals surface area contributed by atoms with Crippen molar-refractivity contribution in [1.29, 1.82) is 0 Å². The maximum atomic E-state index is 11.4. The molecule has 0 spiro atoms. The molecule has 0 amide bonds. The quantitative estimate of drug-likeness (QED) is 0.850. The van der Waals surface area contributed by atoms with Crippen LogP contribution >= 0.6 is 0 Å². The molecule has 2 N–H and O–H groups in total. The van der Waals surface area contributed by atoms with Crippen LogP contribution in [-0.2, 0) is 4.79 Å². The van der Waals surface area contributed by atoms with E-state index in [2.05, 4.69) is 15.3 Å². The summed E-state index contributed by atoms with van der Waals surface area (Å²) in [5, 5.41) is 12.6. The van der Waals surface area contributed by atoms with Crippen molar-refractivity contribution in [1.82, 2.24) is 9.97 Å². The third-order valence-corrected chi connectivity index (χ3v) is 4.28. The molecular formula is C13H17N3O2. The minimum absolute atomic E-state index is 0.0102. The maximum Gasteiger partial charge on any atom is 0.308 e. The van der Waals surface area contributed by atoms with E-state index >= 15 is 0 Å². The fourth-order valence-electron chi connectivity index (χ4n) is 3.47. The van der Waals surface area contributed by atoms with Crippen molar-refractivity contribution in [2.24, 2.45) is 17.8 Å². The second-order valence-corrected chi connectivity index (χ2v) is 5.45. The molecule has 4 atom stereocenters. The highest BCUT2D eigenvalue weighted by Gasteiger charge is 2.51. The summed E-state index contributed by atoms with van der Waals surface area (Å²) in [4.78, 5) is 19.8. The summed E-state index contributed by atoms with van der Waals surface area (Å²) < 4.78 is 0. The van der Waals surface area contributed by atoms with Crippen molar-refractivity contribution >= 4 is 11.9 Å². The van der Waals surface area contributed by atoms with E-state index in [1.807, 2.05) is 6.92 Å². The van der Waals surface area contributed by atoms with E-state index < -0.39 is 5.97 Å². The van der Waals surface area contributed by atoms with Crippen molar-refractivity contribution in [3.8, 4) is 0 Å². The van der Waals surface area contributed by atoms with Gasteiger partial charge in [0, 0.05) is 18.4 Å². The number of aryl methyl sites for hydroxylation is 1. The average molecular weight is 247 g/mol. The molecule has 1 aromatic heterocycles. The largest absolute Gasteiger partial charge is 0.481 e. The van der Waals surface area contributed by atoms with Crippen molar-refractivity contribution in [2.75, 3.05) is 5.32 Å². The Kier molecular flexibility index (Phi) is 2.69. The van der Waals surface area contributed by atoms with Crippen LogP contribution in [0.1, 0.15) is 24.8 Å². The Balaban J connectivity index is 1.79. The number of rotatable bonds is 3. The van der Waals surface area contributed by atoms with Gasteiger partial charge in [0.2, 0.25) is 5.95 Å². The topological polar surface area (TPSA) is 75.1 Å². The molecule has 18 heavy (non-hydrogen) atoms. The Hall–Kier alpha value is -1.65. The second kappa shape index (κ2) is 4.23. The van der Waals surface area contributed by atoms with Gasteiger partial charge < -0.3 is 10.4 Å². The molecule has 2 saturated carbocycles. The van der Waals surface area contributed by atoms with Crippen LogP contribution in [0, 0.1) is 24.7 Å². The highest BCUT2D eigenvalue weighted by Crippen LogP contribution is 2.49. The molecule has 1 heterocycles. The van der Waals surface area contributed by atoms with E-state index in [4.69, 9.17) is 0 Å². The number of nitrogens with zero attached hydrogens (tertiary/aromatic N) is 2. The van der Waals surface area contributed by atoms with Crippen LogP contribution in [-0.4, -0.2) is 27.1 Å². The van der Waals surface area contributed by atoms with Gasteiger partial charge in [0.1, 0.15) is 0 Å². The number of aromatic nitrogens is 2. The fourth-order valence-corrected chi connectivity index (χ4v) is 3.47. The molecule has 0 radical (unpaired) electrons. The first-order valence-electron chi connectivity index (χ1n) is 6.43. The van der Waals surface area contributed by atoms with Gasteiger partial charge in [-0.25, -0.2) is 9.97 Å². The Morgan fingerprint density at radius 3 is 2.67 bits per heavy atom. The third kappa shape index (κ3) is 1.83. The predicted molar refractivity (Wildman–Crippen MR) is 66.1 cm³/mol. The Morgan fingerprint density at radius 2 is 2.00 bits per heavy atom. The first kappa shape index (κ1) is 11.4. The standard InChI is InChI=1S/C13H17N3O2/c1-7-5-14-13(15-6-7)16-11-9-3-2-8(4-9)10(11)12(17)18/h5-6,8-11H,2-4H2,1H3,(H,17,18)(H,14,15,16). The predicted octanol–water partition coefficient (Wildman–Crippen LogP) is 1.70. The lowest BCUT2D eigenvalue weighted by atomic mass is 9.84. The molecular weight excluding hydrogens is 230 g/mol. The monoisotopic (exact) mass is 247 g/mol. The summed E-state index contributed by atoms with van der Waals surface area (Å²) in [6, 6.07) is -0.0102. The minimum atomic E-state index is -0.688. The normalized spacial score (nSPS) is 33.6. The lowest BCUT2D eigenvalue weighted by Crippen LogP contribution is -2.39. The maximum absolute atomic E-state index is 11.4. The zero-order valence-corrected chi connectivity index (χ0v) is 10.3. The zero-order chi connectivity index (χ0) is 12.7. The van der Waals surface area contributed by atoms with Crippen LogP contribution < -0.4 is 5.32 Å². The number of hydrogen-bond acceptors (Lipinski definition) is 4. The molecule has 3 rings (SSSR count). The number of fused-ring (bicyclic) bond motifs is 2. The number of hydrogen-bond donors (Lipinski definition) is 2. The molecule has 4 unspecified atom stereocenters. The van der Waals surface area contributed by atoms with Crippen molar-refractivity contribution in [2.45, 2.75) is 32.2 Å². The van der Waals surface area contributed by atoms with Gasteiger partial charge in [-0.15, -0.1) is 0 Å². The van der Waals surface area contributed by atoms with Crippen LogP contribution in [0.5, 0.6) is 0 Å². The van der Waals surface area contributed by atoms with Gasteiger partial charge in [-0.3, -0.25) is 4.79 Å². The van der Waals surface area contributed by atoms with E-state index in [0.29, 0.717) is 17.8 Å². The second-order valence-electron chi connectivity index (χ2n) is 5.45. The third-order valence-electron chi connectivity index (χ3n) is 4.28. The molecule has 2 bridgehead atoms. The Morgan fingerprint density at radius 1 is 1.33 bits per heavy atom. The molecule has 1 aromatic rings. The van der Waals surface area contributed by atoms with Gasteiger partial charge in [0.05, 0.1) is 5.92 Å². The first-order chi connectivity index (χ1) is 8.65. The van der Waals surface area contributed by atoms with Gasteiger partial charge >= 0.3 is 5.97 Å². The van der Waals surface area contributed by atoms with Crippen molar-refractivity contribution < 1.29 is 9.90 Å². The minimum Gasteiger partial charge on any atom is -0.481 e. The average Bonchev–Trinajstić information content (AvgIpc) is 2.92. The highest BCUT2D eigenvalue weighted by molar-refractivity contribution is 5.73. The molecule has 0 saturated heterocycles. The van der Waals surface area contributed by atoms with E-state index in [9.17, 15) is 9.90 Å². The molecule has 96 valence electrons. The van der Waals surface area contributed by atoms with E-state index in [-0.39, 0.29) is 12.0 Å². The van der Waals surface area contributed by atoms with Crippen LogP contribution in [0.15, 0.2) is 12.4 Å². The molecule has 0 aliphatic heterocycles. The summed E-state index contributed by atoms with van der Waals surface area (Å²) >= 11 is 0.